The van der Waals surface area contributed by atoms with Crippen molar-refractivity contribution in [3.05, 3.63) is 0 Å². The highest BCUT2D eigenvalue weighted by molar-refractivity contribution is 5.71. The fourth-order valence-electron chi connectivity index (χ4n) is 8.34. The molecule has 0 aliphatic rings. The Morgan fingerprint density at radius 2 is 0.541 bits per heavy atom. The van der Waals surface area contributed by atoms with Gasteiger partial charge in [0.05, 0.1) is 0 Å². The monoisotopic (exact) mass is 863 g/mol. The first-order valence-corrected chi connectivity index (χ1v) is 27.2. The van der Waals surface area contributed by atoms with Gasteiger partial charge in [-0.3, -0.25) is 14.4 Å². The summed E-state index contributed by atoms with van der Waals surface area (Å²) >= 11 is 0. The standard InChI is InChI=1S/C55H106O6/c1-6-7-8-9-10-11-12-20-26-32-37-42-47-55(58)61-52(49-60-54(57)46-41-36-31-27-22-24-29-34-39-44-51(4)5)48-59-53(56)45-40-35-30-25-21-18-16-14-13-15-17-19-23-28-33-38-43-50(2)3/h50-52H,6-49H2,1-5H3/t52-/m0/s1. The van der Waals surface area contributed by atoms with Crippen molar-refractivity contribution in [3.63, 3.8) is 0 Å². The molecule has 362 valence electrons. The van der Waals surface area contributed by atoms with E-state index in [0.29, 0.717) is 19.3 Å². The molecule has 6 nitrogen and oxygen atoms in total. The molecular weight excluding hydrogens is 757 g/mol. The fourth-order valence-corrected chi connectivity index (χ4v) is 8.34. The molecule has 0 spiro atoms. The smallest absolute Gasteiger partial charge is 0.306 e. The van der Waals surface area contributed by atoms with Gasteiger partial charge in [0, 0.05) is 19.3 Å². The molecule has 0 amide bonds. The van der Waals surface area contributed by atoms with E-state index in [-0.39, 0.29) is 31.1 Å². The van der Waals surface area contributed by atoms with Crippen LogP contribution in [-0.4, -0.2) is 37.2 Å². The van der Waals surface area contributed by atoms with Gasteiger partial charge in [-0.05, 0) is 31.1 Å². The second-order valence-corrected chi connectivity index (χ2v) is 19.8. The lowest BCUT2D eigenvalue weighted by molar-refractivity contribution is -0.167. The summed E-state index contributed by atoms with van der Waals surface area (Å²) in [6.45, 7) is 11.4. The van der Waals surface area contributed by atoms with Crippen LogP contribution in [-0.2, 0) is 28.6 Å². The number of carbonyl (C=O) groups excluding carboxylic acids is 3. The molecule has 0 unspecified atom stereocenters. The minimum absolute atomic E-state index is 0.0633. The van der Waals surface area contributed by atoms with Crippen molar-refractivity contribution >= 4 is 17.9 Å². The highest BCUT2D eigenvalue weighted by Gasteiger charge is 2.19. The molecule has 0 fully saturated rings. The Hall–Kier alpha value is -1.59. The van der Waals surface area contributed by atoms with Gasteiger partial charge in [-0.25, -0.2) is 0 Å². The quantitative estimate of drug-likeness (QED) is 0.0344. The number of esters is 3. The predicted octanol–water partition coefficient (Wildman–Crippen LogP) is 17.7. The Morgan fingerprint density at radius 1 is 0.311 bits per heavy atom. The van der Waals surface area contributed by atoms with Crippen molar-refractivity contribution in [1.29, 1.82) is 0 Å². The van der Waals surface area contributed by atoms with Crippen LogP contribution in [0.4, 0.5) is 0 Å². The first kappa shape index (κ1) is 59.4. The van der Waals surface area contributed by atoms with Gasteiger partial charge in [-0.1, -0.05) is 266 Å². The Morgan fingerprint density at radius 3 is 0.803 bits per heavy atom. The zero-order valence-electron chi connectivity index (χ0n) is 41.8. The van der Waals surface area contributed by atoms with Gasteiger partial charge in [-0.2, -0.15) is 0 Å². The topological polar surface area (TPSA) is 78.9 Å². The molecule has 0 aromatic heterocycles. The molecule has 1 atom stereocenters. The van der Waals surface area contributed by atoms with Crippen molar-refractivity contribution in [1.82, 2.24) is 0 Å². The molecule has 6 heteroatoms. The van der Waals surface area contributed by atoms with E-state index in [1.165, 1.54) is 193 Å². The van der Waals surface area contributed by atoms with Gasteiger partial charge in [0.2, 0.25) is 0 Å². The Bertz CT molecular complexity index is 931. The summed E-state index contributed by atoms with van der Waals surface area (Å²) in [6, 6.07) is 0. The first-order chi connectivity index (χ1) is 29.7. The van der Waals surface area contributed by atoms with Crippen molar-refractivity contribution in [3.8, 4) is 0 Å². The maximum absolute atomic E-state index is 12.8. The number of hydrogen-bond donors (Lipinski definition) is 0. The minimum Gasteiger partial charge on any atom is -0.462 e. The lowest BCUT2D eigenvalue weighted by atomic mass is 10.0. The first-order valence-electron chi connectivity index (χ1n) is 27.2. The number of unbranched alkanes of at least 4 members (excludes halogenated alkanes) is 34. The lowest BCUT2D eigenvalue weighted by Gasteiger charge is -2.18. The van der Waals surface area contributed by atoms with Gasteiger partial charge in [0.15, 0.2) is 6.10 Å². The number of carbonyl (C=O) groups is 3. The average Bonchev–Trinajstić information content (AvgIpc) is 3.23. The van der Waals surface area contributed by atoms with Crippen LogP contribution in [0.2, 0.25) is 0 Å². The van der Waals surface area contributed by atoms with E-state index in [2.05, 4.69) is 34.6 Å². The summed E-state index contributed by atoms with van der Waals surface area (Å²) in [5.74, 6) is 0.816. The SMILES string of the molecule is CCCCCCCCCCCCCCC(=O)O[C@@H](COC(=O)CCCCCCCCCCCCCCCCCCC(C)C)COC(=O)CCCCCCCCCCCC(C)C. The van der Waals surface area contributed by atoms with E-state index >= 15 is 0 Å². The summed E-state index contributed by atoms with van der Waals surface area (Å²) in [5, 5.41) is 0. The van der Waals surface area contributed by atoms with Crippen molar-refractivity contribution in [2.24, 2.45) is 11.8 Å². The van der Waals surface area contributed by atoms with E-state index < -0.39 is 6.10 Å². The van der Waals surface area contributed by atoms with Crippen LogP contribution in [0.1, 0.15) is 304 Å². The zero-order chi connectivity index (χ0) is 44.7. The van der Waals surface area contributed by atoms with Crippen LogP contribution in [0, 0.1) is 11.8 Å². The minimum atomic E-state index is -0.761. The number of ether oxygens (including phenoxy) is 3. The average molecular weight is 863 g/mol. The molecule has 0 N–H and O–H groups in total. The Labute approximate surface area is 380 Å². The molecule has 0 heterocycles. The fraction of sp³-hybridized carbons (Fsp3) is 0.945. The molecular formula is C55H106O6. The van der Waals surface area contributed by atoms with Gasteiger partial charge < -0.3 is 14.2 Å². The summed E-state index contributed by atoms with van der Waals surface area (Å²) in [4.78, 5) is 38.0. The zero-order valence-corrected chi connectivity index (χ0v) is 41.8. The Kier molecular flexibility index (Phi) is 46.6. The second-order valence-electron chi connectivity index (χ2n) is 19.8. The molecule has 61 heavy (non-hydrogen) atoms. The van der Waals surface area contributed by atoms with E-state index in [0.717, 1.165) is 69.6 Å². The largest absolute Gasteiger partial charge is 0.462 e. The third-order valence-electron chi connectivity index (χ3n) is 12.5. The Balaban J connectivity index is 4.25. The van der Waals surface area contributed by atoms with Crippen molar-refractivity contribution < 1.29 is 28.6 Å². The molecule has 0 rings (SSSR count). The van der Waals surface area contributed by atoms with E-state index in [1.807, 2.05) is 0 Å². The van der Waals surface area contributed by atoms with Crippen LogP contribution < -0.4 is 0 Å². The molecule has 0 aromatic carbocycles. The van der Waals surface area contributed by atoms with Gasteiger partial charge in [0.1, 0.15) is 13.2 Å². The van der Waals surface area contributed by atoms with Gasteiger partial charge in [-0.15, -0.1) is 0 Å². The molecule has 0 saturated carbocycles. The maximum atomic E-state index is 12.8. The predicted molar refractivity (Wildman–Crippen MR) is 261 cm³/mol. The third kappa shape index (κ3) is 49.3. The van der Waals surface area contributed by atoms with Crippen LogP contribution in [0.5, 0.6) is 0 Å². The van der Waals surface area contributed by atoms with Crippen molar-refractivity contribution in [2.75, 3.05) is 13.2 Å². The summed E-state index contributed by atoms with van der Waals surface area (Å²) in [6.07, 6.45) is 49.5. The van der Waals surface area contributed by atoms with E-state index in [9.17, 15) is 14.4 Å². The van der Waals surface area contributed by atoms with Crippen LogP contribution >= 0.6 is 0 Å². The molecule has 0 aliphatic carbocycles. The molecule has 0 radical (unpaired) electrons. The van der Waals surface area contributed by atoms with Gasteiger partial charge in [0.25, 0.3) is 0 Å². The molecule has 0 bridgehead atoms. The van der Waals surface area contributed by atoms with Gasteiger partial charge >= 0.3 is 17.9 Å². The second kappa shape index (κ2) is 47.9. The molecule has 0 aliphatic heterocycles. The summed E-state index contributed by atoms with van der Waals surface area (Å²) in [7, 11) is 0. The summed E-state index contributed by atoms with van der Waals surface area (Å²) in [5.41, 5.74) is 0. The van der Waals surface area contributed by atoms with Crippen LogP contribution in [0.15, 0.2) is 0 Å². The lowest BCUT2D eigenvalue weighted by Crippen LogP contribution is -2.30. The molecule has 0 saturated heterocycles. The summed E-state index contributed by atoms with van der Waals surface area (Å²) < 4.78 is 16.8. The van der Waals surface area contributed by atoms with Crippen molar-refractivity contribution in [2.45, 2.75) is 310 Å². The van der Waals surface area contributed by atoms with Crippen LogP contribution in [0.3, 0.4) is 0 Å². The highest BCUT2D eigenvalue weighted by Crippen LogP contribution is 2.18. The van der Waals surface area contributed by atoms with E-state index in [1.54, 1.807) is 0 Å². The highest BCUT2D eigenvalue weighted by atomic mass is 16.6. The number of rotatable bonds is 49. The number of hydrogen-bond acceptors (Lipinski definition) is 6. The van der Waals surface area contributed by atoms with Crippen LogP contribution in [0.25, 0.3) is 0 Å². The maximum Gasteiger partial charge on any atom is 0.306 e. The molecule has 0 aromatic rings. The normalized spacial score (nSPS) is 12.0. The third-order valence-corrected chi connectivity index (χ3v) is 12.5. The van der Waals surface area contributed by atoms with E-state index in [4.69, 9.17) is 14.2 Å².